The third-order valence-corrected chi connectivity index (χ3v) is 7.31. The quantitative estimate of drug-likeness (QED) is 0.440. The van der Waals surface area contributed by atoms with Crippen LogP contribution in [-0.4, -0.2) is 59.8 Å². The number of halogens is 1. The van der Waals surface area contributed by atoms with Crippen molar-refractivity contribution in [1.82, 2.24) is 9.80 Å². The maximum absolute atomic E-state index is 13.9. The molecule has 0 aromatic heterocycles. The van der Waals surface area contributed by atoms with Crippen molar-refractivity contribution < 1.29 is 23.5 Å². The summed E-state index contributed by atoms with van der Waals surface area (Å²) in [4.78, 5) is 45.5. The number of carbonyl (C=O) groups is 3. The predicted octanol–water partition coefficient (Wildman–Crippen LogP) is 4.27. The van der Waals surface area contributed by atoms with Crippen molar-refractivity contribution in [2.24, 2.45) is 0 Å². The van der Waals surface area contributed by atoms with Gasteiger partial charge >= 0.3 is 0 Å². The zero-order valence-electron chi connectivity index (χ0n) is 21.3. The van der Waals surface area contributed by atoms with E-state index in [0.29, 0.717) is 29.8 Å². The van der Waals surface area contributed by atoms with E-state index in [4.69, 9.17) is 4.74 Å². The van der Waals surface area contributed by atoms with Crippen molar-refractivity contribution in [2.75, 3.05) is 25.1 Å². The molecule has 1 atom stereocenters. The second kappa shape index (κ2) is 11.1. The van der Waals surface area contributed by atoms with Gasteiger partial charge in [0.15, 0.2) is 0 Å². The van der Waals surface area contributed by atoms with Gasteiger partial charge in [-0.2, -0.15) is 0 Å². The normalized spacial score (nSPS) is 18.6. The smallest absolute Gasteiger partial charge is 0.257 e. The highest BCUT2D eigenvalue weighted by molar-refractivity contribution is 6.23. The molecule has 2 aliphatic heterocycles. The molecule has 3 amide bonds. The third-order valence-electron chi connectivity index (χ3n) is 7.31. The van der Waals surface area contributed by atoms with Crippen LogP contribution in [0.3, 0.4) is 0 Å². The Bertz CT molecular complexity index is 1290. The molecule has 8 heteroatoms. The number of methoxy groups -OCH3 is 1. The van der Waals surface area contributed by atoms with Crippen LogP contribution in [0.25, 0.3) is 0 Å². The predicted molar refractivity (Wildman–Crippen MR) is 141 cm³/mol. The summed E-state index contributed by atoms with van der Waals surface area (Å²) in [5.41, 5.74) is 1.96. The second-order valence-electron chi connectivity index (χ2n) is 9.70. The van der Waals surface area contributed by atoms with E-state index in [0.717, 1.165) is 24.5 Å². The monoisotopic (exact) mass is 515 g/mol. The number of imide groups is 1. The van der Waals surface area contributed by atoms with E-state index in [9.17, 15) is 18.8 Å². The van der Waals surface area contributed by atoms with Gasteiger partial charge in [0, 0.05) is 31.2 Å². The average molecular weight is 516 g/mol. The number of rotatable bonds is 7. The number of ether oxygens (including phenoxy) is 1. The van der Waals surface area contributed by atoms with Crippen molar-refractivity contribution in [3.63, 3.8) is 0 Å². The van der Waals surface area contributed by atoms with Gasteiger partial charge in [-0.15, -0.1) is 0 Å². The fourth-order valence-corrected chi connectivity index (χ4v) is 5.34. The van der Waals surface area contributed by atoms with Crippen molar-refractivity contribution in [3.05, 3.63) is 95.8 Å². The molecule has 5 rings (SSSR count). The number of nitrogens with zero attached hydrogens (tertiary/aromatic N) is 3. The lowest BCUT2D eigenvalue weighted by Crippen LogP contribution is -2.54. The number of amides is 3. The van der Waals surface area contributed by atoms with Gasteiger partial charge in [-0.3, -0.25) is 19.3 Å². The van der Waals surface area contributed by atoms with E-state index in [1.807, 2.05) is 18.2 Å². The molecule has 2 heterocycles. The van der Waals surface area contributed by atoms with Crippen molar-refractivity contribution in [2.45, 2.75) is 37.9 Å². The molecule has 1 unspecified atom stereocenters. The van der Waals surface area contributed by atoms with E-state index in [1.54, 1.807) is 36.3 Å². The Morgan fingerprint density at radius 1 is 0.947 bits per heavy atom. The first-order chi connectivity index (χ1) is 18.4. The van der Waals surface area contributed by atoms with Crippen LogP contribution in [0.4, 0.5) is 10.1 Å². The lowest BCUT2D eigenvalue weighted by Gasteiger charge is -2.40. The largest absolute Gasteiger partial charge is 0.497 e. The molecule has 196 valence electrons. The van der Waals surface area contributed by atoms with Crippen LogP contribution in [0, 0.1) is 5.82 Å². The highest BCUT2D eigenvalue weighted by Crippen LogP contribution is 2.31. The van der Waals surface area contributed by atoms with Gasteiger partial charge in [0.25, 0.3) is 11.8 Å². The summed E-state index contributed by atoms with van der Waals surface area (Å²) < 4.78 is 18.7. The second-order valence-corrected chi connectivity index (χ2v) is 9.70. The molecule has 0 N–H and O–H groups in total. The molecule has 2 saturated heterocycles. The molecule has 3 aromatic carbocycles. The Kier molecular flexibility index (Phi) is 7.51. The minimum absolute atomic E-state index is 0.109. The maximum atomic E-state index is 13.9. The van der Waals surface area contributed by atoms with Gasteiger partial charge in [-0.1, -0.05) is 30.3 Å². The summed E-state index contributed by atoms with van der Waals surface area (Å²) in [5.74, 6) is -0.989. The molecule has 7 nitrogen and oxygen atoms in total. The van der Waals surface area contributed by atoms with Crippen LogP contribution in [0.15, 0.2) is 78.9 Å². The van der Waals surface area contributed by atoms with E-state index in [-0.39, 0.29) is 18.4 Å². The Morgan fingerprint density at radius 2 is 1.61 bits per heavy atom. The summed E-state index contributed by atoms with van der Waals surface area (Å²) in [7, 11) is 1.55. The van der Waals surface area contributed by atoms with Crippen molar-refractivity contribution in [1.29, 1.82) is 0 Å². The summed E-state index contributed by atoms with van der Waals surface area (Å²) in [6, 6.07) is 21.1. The summed E-state index contributed by atoms with van der Waals surface area (Å²) in [5, 5.41) is 0. The Labute approximate surface area is 221 Å². The molecule has 0 bridgehead atoms. The van der Waals surface area contributed by atoms with Gasteiger partial charge in [0.05, 0.1) is 19.2 Å². The van der Waals surface area contributed by atoms with E-state index in [1.165, 1.54) is 29.8 Å². The van der Waals surface area contributed by atoms with E-state index < -0.39 is 23.7 Å². The van der Waals surface area contributed by atoms with Crippen LogP contribution in [-0.2, 0) is 16.1 Å². The number of benzene rings is 3. The maximum Gasteiger partial charge on any atom is 0.257 e. The molecular weight excluding hydrogens is 485 g/mol. The van der Waals surface area contributed by atoms with Crippen LogP contribution in [0.2, 0.25) is 0 Å². The highest BCUT2D eigenvalue weighted by Gasteiger charge is 2.47. The number of likely N-dealkylation sites (tertiary alicyclic amines) is 1. The minimum Gasteiger partial charge on any atom is -0.497 e. The van der Waals surface area contributed by atoms with Gasteiger partial charge in [0.2, 0.25) is 5.91 Å². The third kappa shape index (κ3) is 5.31. The zero-order chi connectivity index (χ0) is 26.6. The summed E-state index contributed by atoms with van der Waals surface area (Å²) >= 11 is 0. The van der Waals surface area contributed by atoms with Crippen molar-refractivity contribution >= 4 is 23.4 Å². The first-order valence-electron chi connectivity index (χ1n) is 12.8. The summed E-state index contributed by atoms with van der Waals surface area (Å²) in [6.07, 6.45) is 1.26. The topological polar surface area (TPSA) is 70.2 Å². The number of carbonyl (C=O) groups excluding carboxylic acids is 3. The lowest BCUT2D eigenvalue weighted by molar-refractivity contribution is -0.123. The fraction of sp³-hybridized carbons (Fsp3) is 0.300. The number of anilines is 1. The molecule has 0 radical (unpaired) electrons. The molecule has 2 fully saturated rings. The molecule has 0 spiro atoms. The Hall–Kier alpha value is -4.04. The lowest BCUT2D eigenvalue weighted by atomic mass is 9.98. The first-order valence-corrected chi connectivity index (χ1v) is 12.8. The van der Waals surface area contributed by atoms with Crippen molar-refractivity contribution in [3.8, 4) is 5.75 Å². The van der Waals surface area contributed by atoms with Crippen LogP contribution in [0.1, 0.15) is 35.2 Å². The Balaban J connectivity index is 1.39. The van der Waals surface area contributed by atoms with Gasteiger partial charge < -0.3 is 9.64 Å². The van der Waals surface area contributed by atoms with E-state index >= 15 is 0 Å². The van der Waals surface area contributed by atoms with E-state index in [2.05, 4.69) is 17.0 Å². The van der Waals surface area contributed by atoms with Gasteiger partial charge in [-0.05, 0) is 66.9 Å². The SMILES string of the molecule is COc1ccc(C(=O)N(C2CCN(Cc3ccccc3)CC2)C2CC(=O)N(c3ccc(F)cc3)C2=O)cc1. The molecule has 2 aliphatic rings. The zero-order valence-corrected chi connectivity index (χ0v) is 21.3. The first kappa shape index (κ1) is 25.6. The summed E-state index contributed by atoms with van der Waals surface area (Å²) in [6.45, 7) is 2.35. The van der Waals surface area contributed by atoms with Gasteiger partial charge in [0.1, 0.15) is 17.6 Å². The standard InChI is InChI=1S/C30H30FN3O4/c1-38-26-13-7-22(8-14-26)29(36)33(25-15-17-32(18-16-25)20-21-5-3-2-4-6-21)27-19-28(35)34(30(27)37)24-11-9-23(31)10-12-24/h2-14,25,27H,15-20H2,1H3. The minimum atomic E-state index is -0.923. The Morgan fingerprint density at radius 3 is 2.24 bits per heavy atom. The van der Waals surface area contributed by atoms with Gasteiger partial charge in [-0.25, -0.2) is 9.29 Å². The number of piperidine rings is 1. The molecule has 3 aromatic rings. The molecular formula is C30H30FN3O4. The molecule has 0 saturated carbocycles. The van der Waals surface area contributed by atoms with Crippen LogP contribution < -0.4 is 9.64 Å². The molecule has 38 heavy (non-hydrogen) atoms. The molecule has 0 aliphatic carbocycles. The number of hydrogen-bond donors (Lipinski definition) is 0. The average Bonchev–Trinajstić information content (AvgIpc) is 3.24. The fourth-order valence-electron chi connectivity index (χ4n) is 5.34. The number of hydrogen-bond acceptors (Lipinski definition) is 5. The van der Waals surface area contributed by atoms with Crippen LogP contribution >= 0.6 is 0 Å². The van der Waals surface area contributed by atoms with Crippen LogP contribution in [0.5, 0.6) is 5.75 Å². The highest BCUT2D eigenvalue weighted by atomic mass is 19.1.